The van der Waals surface area contributed by atoms with Gasteiger partial charge in [-0.1, -0.05) is 0 Å². The predicted octanol–water partition coefficient (Wildman–Crippen LogP) is 0.671. The Bertz CT molecular complexity index is 162. The molecule has 1 aliphatic rings. The van der Waals surface area contributed by atoms with Gasteiger partial charge < -0.3 is 4.74 Å². The van der Waals surface area contributed by atoms with Gasteiger partial charge in [0.15, 0.2) is 0 Å². The molecule has 1 saturated carbocycles. The van der Waals surface area contributed by atoms with Gasteiger partial charge in [-0.3, -0.25) is 9.59 Å². The Balaban J connectivity index is 2.31. The van der Waals surface area contributed by atoms with Gasteiger partial charge in [-0.25, -0.2) is 0 Å². The second kappa shape index (κ2) is 2.82. The summed E-state index contributed by atoms with van der Waals surface area (Å²) in [6.45, 7) is 1.36. The SMILES string of the molecule is CC(=O)OC1CCC(=O)C1. The zero-order valence-corrected chi connectivity index (χ0v) is 5.92. The molecule has 10 heavy (non-hydrogen) atoms. The highest BCUT2D eigenvalue weighted by Crippen LogP contribution is 2.17. The van der Waals surface area contributed by atoms with Crippen LogP contribution in [0.25, 0.3) is 0 Å². The Morgan fingerprint density at radius 1 is 1.70 bits per heavy atom. The number of esters is 1. The maximum absolute atomic E-state index is 10.6. The molecule has 0 heterocycles. The van der Waals surface area contributed by atoms with Gasteiger partial charge in [-0.2, -0.15) is 0 Å². The monoisotopic (exact) mass is 142 g/mol. The molecule has 0 amide bonds. The summed E-state index contributed by atoms with van der Waals surface area (Å²) >= 11 is 0. The van der Waals surface area contributed by atoms with E-state index in [4.69, 9.17) is 4.74 Å². The van der Waals surface area contributed by atoms with Crippen molar-refractivity contribution in [3.05, 3.63) is 0 Å². The Hall–Kier alpha value is -0.860. The third-order valence-corrected chi connectivity index (χ3v) is 1.53. The lowest BCUT2D eigenvalue weighted by atomic mass is 10.3. The molecule has 0 aliphatic heterocycles. The van der Waals surface area contributed by atoms with E-state index < -0.39 is 0 Å². The third kappa shape index (κ3) is 1.83. The van der Waals surface area contributed by atoms with Crippen molar-refractivity contribution >= 4 is 11.8 Å². The minimum atomic E-state index is -0.292. The summed E-state index contributed by atoms with van der Waals surface area (Å²) < 4.78 is 4.82. The number of rotatable bonds is 1. The van der Waals surface area contributed by atoms with Crippen molar-refractivity contribution in [3.63, 3.8) is 0 Å². The normalized spacial score (nSPS) is 24.9. The van der Waals surface area contributed by atoms with Gasteiger partial charge in [0.05, 0.1) is 0 Å². The average molecular weight is 142 g/mol. The molecule has 0 aromatic heterocycles. The zero-order valence-electron chi connectivity index (χ0n) is 5.92. The number of hydrogen-bond acceptors (Lipinski definition) is 3. The topological polar surface area (TPSA) is 43.4 Å². The van der Waals surface area contributed by atoms with Gasteiger partial charge in [0.1, 0.15) is 11.9 Å². The van der Waals surface area contributed by atoms with E-state index in [1.807, 2.05) is 0 Å². The predicted molar refractivity (Wildman–Crippen MR) is 34.4 cm³/mol. The highest BCUT2D eigenvalue weighted by molar-refractivity contribution is 5.81. The molecule has 0 aromatic rings. The van der Waals surface area contributed by atoms with Crippen LogP contribution in [0.2, 0.25) is 0 Å². The van der Waals surface area contributed by atoms with Crippen LogP contribution in [0, 0.1) is 0 Å². The molecule has 0 aromatic carbocycles. The van der Waals surface area contributed by atoms with Crippen LogP contribution in [0.5, 0.6) is 0 Å². The fourth-order valence-corrected chi connectivity index (χ4v) is 1.12. The van der Waals surface area contributed by atoms with Crippen molar-refractivity contribution < 1.29 is 14.3 Å². The molecule has 1 rings (SSSR count). The van der Waals surface area contributed by atoms with Crippen LogP contribution in [0.4, 0.5) is 0 Å². The number of ketones is 1. The first-order valence-electron chi connectivity index (χ1n) is 3.37. The average Bonchev–Trinajstić information content (AvgIpc) is 2.13. The lowest BCUT2D eigenvalue weighted by Gasteiger charge is -2.06. The summed E-state index contributed by atoms with van der Waals surface area (Å²) in [7, 11) is 0. The largest absolute Gasteiger partial charge is 0.462 e. The fourth-order valence-electron chi connectivity index (χ4n) is 1.12. The van der Waals surface area contributed by atoms with Crippen molar-refractivity contribution in [1.29, 1.82) is 0 Å². The summed E-state index contributed by atoms with van der Waals surface area (Å²) in [5.74, 6) is -0.0917. The maximum Gasteiger partial charge on any atom is 0.302 e. The molecule has 1 aliphatic carbocycles. The van der Waals surface area contributed by atoms with Crippen LogP contribution in [0.15, 0.2) is 0 Å². The highest BCUT2D eigenvalue weighted by Gasteiger charge is 2.23. The van der Waals surface area contributed by atoms with Gasteiger partial charge in [-0.05, 0) is 6.42 Å². The second-order valence-electron chi connectivity index (χ2n) is 2.51. The quantitative estimate of drug-likeness (QED) is 0.505. The summed E-state index contributed by atoms with van der Waals surface area (Å²) in [6.07, 6.45) is 1.56. The van der Waals surface area contributed by atoms with E-state index in [9.17, 15) is 9.59 Å². The molecule has 0 N–H and O–H groups in total. The lowest BCUT2D eigenvalue weighted by Crippen LogP contribution is -2.12. The third-order valence-electron chi connectivity index (χ3n) is 1.53. The van der Waals surface area contributed by atoms with Crippen molar-refractivity contribution in [1.82, 2.24) is 0 Å². The summed E-state index contributed by atoms with van der Waals surface area (Å²) in [4.78, 5) is 21.0. The standard InChI is InChI=1S/C7H10O3/c1-5(8)10-7-3-2-6(9)4-7/h7H,2-4H2,1H3. The molecule has 1 unspecified atom stereocenters. The van der Waals surface area contributed by atoms with Crippen molar-refractivity contribution in [2.24, 2.45) is 0 Å². The smallest absolute Gasteiger partial charge is 0.302 e. The Morgan fingerprint density at radius 2 is 2.40 bits per heavy atom. The minimum absolute atomic E-state index is 0.134. The number of ether oxygens (including phenoxy) is 1. The van der Waals surface area contributed by atoms with Gasteiger partial charge in [0, 0.05) is 19.8 Å². The van der Waals surface area contributed by atoms with Crippen LogP contribution < -0.4 is 0 Å². The van der Waals surface area contributed by atoms with E-state index in [0.29, 0.717) is 19.3 Å². The Kier molecular flexibility index (Phi) is 2.04. The fraction of sp³-hybridized carbons (Fsp3) is 0.714. The number of Topliss-reactive ketones (excluding diaryl/α,β-unsaturated/α-hetero) is 1. The van der Waals surface area contributed by atoms with Crippen LogP contribution >= 0.6 is 0 Å². The molecular formula is C7H10O3. The highest BCUT2D eigenvalue weighted by atomic mass is 16.5. The second-order valence-corrected chi connectivity index (χ2v) is 2.51. The lowest BCUT2D eigenvalue weighted by molar-refractivity contribution is -0.146. The minimum Gasteiger partial charge on any atom is -0.462 e. The molecule has 0 spiro atoms. The first-order chi connectivity index (χ1) is 4.68. The molecule has 0 radical (unpaired) electrons. The molecular weight excluding hydrogens is 132 g/mol. The van der Waals surface area contributed by atoms with E-state index in [-0.39, 0.29) is 17.9 Å². The maximum atomic E-state index is 10.6. The van der Waals surface area contributed by atoms with Crippen molar-refractivity contribution in [3.8, 4) is 0 Å². The number of hydrogen-bond donors (Lipinski definition) is 0. The van der Waals surface area contributed by atoms with E-state index in [0.717, 1.165) is 0 Å². The van der Waals surface area contributed by atoms with Crippen LogP contribution in [0.3, 0.4) is 0 Å². The van der Waals surface area contributed by atoms with Crippen LogP contribution in [-0.4, -0.2) is 17.9 Å². The molecule has 56 valence electrons. The zero-order chi connectivity index (χ0) is 7.56. The molecule has 1 fully saturated rings. The van der Waals surface area contributed by atoms with Gasteiger partial charge in [0.2, 0.25) is 0 Å². The summed E-state index contributed by atoms with van der Waals surface area (Å²) in [6, 6.07) is 0. The molecule has 1 atom stereocenters. The van der Waals surface area contributed by atoms with Gasteiger partial charge in [-0.15, -0.1) is 0 Å². The Morgan fingerprint density at radius 3 is 2.80 bits per heavy atom. The molecule has 0 bridgehead atoms. The summed E-state index contributed by atoms with van der Waals surface area (Å²) in [5.41, 5.74) is 0. The van der Waals surface area contributed by atoms with E-state index in [1.54, 1.807) is 0 Å². The first kappa shape index (κ1) is 7.25. The van der Waals surface area contributed by atoms with Crippen molar-refractivity contribution in [2.45, 2.75) is 32.3 Å². The molecule has 3 heteroatoms. The van der Waals surface area contributed by atoms with Gasteiger partial charge >= 0.3 is 5.97 Å². The molecule has 3 nitrogen and oxygen atoms in total. The van der Waals surface area contributed by atoms with Crippen LogP contribution in [0.1, 0.15) is 26.2 Å². The van der Waals surface area contributed by atoms with E-state index in [1.165, 1.54) is 6.92 Å². The Labute approximate surface area is 59.4 Å². The summed E-state index contributed by atoms with van der Waals surface area (Å²) in [5, 5.41) is 0. The van der Waals surface area contributed by atoms with Crippen LogP contribution in [-0.2, 0) is 14.3 Å². The number of carbonyl (C=O) groups excluding carboxylic acids is 2. The number of carbonyl (C=O) groups is 2. The van der Waals surface area contributed by atoms with Crippen molar-refractivity contribution in [2.75, 3.05) is 0 Å². The molecule has 0 saturated heterocycles. The first-order valence-corrected chi connectivity index (χ1v) is 3.37. The van der Waals surface area contributed by atoms with E-state index in [2.05, 4.69) is 0 Å². The van der Waals surface area contributed by atoms with Gasteiger partial charge in [0.25, 0.3) is 0 Å². The van der Waals surface area contributed by atoms with E-state index >= 15 is 0 Å².